The van der Waals surface area contributed by atoms with Crippen LogP contribution in [0.25, 0.3) is 0 Å². The average Bonchev–Trinajstić information content (AvgIpc) is 2.38. The van der Waals surface area contributed by atoms with Crippen LogP contribution in [-0.4, -0.2) is 44.4 Å². The first kappa shape index (κ1) is 15.3. The molecule has 2 N–H and O–H groups in total. The number of benzene rings is 1. The predicted octanol–water partition coefficient (Wildman–Crippen LogP) is 1.58. The fraction of sp³-hybridized carbons (Fsp3) is 0.500. The van der Waals surface area contributed by atoms with Gasteiger partial charge < -0.3 is 20.1 Å². The highest BCUT2D eigenvalue weighted by atomic mass is 16.5. The van der Waals surface area contributed by atoms with Crippen molar-refractivity contribution in [1.82, 2.24) is 5.32 Å². The molecule has 5 heteroatoms. The summed E-state index contributed by atoms with van der Waals surface area (Å²) in [6.07, 6.45) is 0.889. The summed E-state index contributed by atoms with van der Waals surface area (Å²) in [6.45, 7) is 2.78. The van der Waals surface area contributed by atoms with E-state index in [0.717, 1.165) is 12.1 Å². The third-order valence-electron chi connectivity index (χ3n) is 2.69. The number of aliphatic carboxylic acids is 1. The number of nitrogens with zero attached hydrogens (tertiary/aromatic N) is 1. The lowest BCUT2D eigenvalue weighted by molar-refractivity contribution is -0.140. The molecule has 1 aromatic rings. The number of carboxylic acids is 1. The third-order valence-corrected chi connectivity index (χ3v) is 2.69. The van der Waals surface area contributed by atoms with Crippen LogP contribution in [-0.2, 0) is 4.79 Å². The van der Waals surface area contributed by atoms with E-state index in [4.69, 9.17) is 9.84 Å². The molecule has 0 amide bonds. The maximum atomic E-state index is 11.1. The summed E-state index contributed by atoms with van der Waals surface area (Å²) < 4.78 is 5.55. The van der Waals surface area contributed by atoms with Crippen LogP contribution in [0.2, 0.25) is 0 Å². The number of carbonyl (C=O) groups is 1. The minimum absolute atomic E-state index is 0.117. The topological polar surface area (TPSA) is 61.8 Å². The molecule has 5 nitrogen and oxygen atoms in total. The number of rotatable bonds is 8. The van der Waals surface area contributed by atoms with Crippen LogP contribution < -0.4 is 15.0 Å². The molecule has 106 valence electrons. The number of carboxylic acid groups (broad SMARTS) is 1. The number of hydrogen-bond donors (Lipinski definition) is 2. The normalized spacial score (nSPS) is 11.9. The summed E-state index contributed by atoms with van der Waals surface area (Å²) in [4.78, 5) is 13.0. The van der Waals surface area contributed by atoms with Gasteiger partial charge in [0, 0.05) is 25.8 Å². The van der Waals surface area contributed by atoms with E-state index in [2.05, 4.69) is 5.32 Å². The molecule has 0 aliphatic rings. The second-order valence-corrected chi connectivity index (χ2v) is 4.55. The molecule has 1 unspecified atom stereocenters. The monoisotopic (exact) mass is 266 g/mol. The van der Waals surface area contributed by atoms with Crippen molar-refractivity contribution in [2.24, 2.45) is 0 Å². The van der Waals surface area contributed by atoms with Crippen LogP contribution in [0.15, 0.2) is 24.3 Å². The number of ether oxygens (including phenoxy) is 1. The van der Waals surface area contributed by atoms with Gasteiger partial charge in [0.2, 0.25) is 0 Å². The van der Waals surface area contributed by atoms with Gasteiger partial charge in [0.15, 0.2) is 0 Å². The molecule has 1 aromatic carbocycles. The molecule has 0 heterocycles. The Labute approximate surface area is 114 Å². The maximum absolute atomic E-state index is 11.1. The fourth-order valence-electron chi connectivity index (χ4n) is 1.57. The number of hydrogen-bond acceptors (Lipinski definition) is 4. The van der Waals surface area contributed by atoms with Crippen molar-refractivity contribution in [3.63, 3.8) is 0 Å². The first-order valence-electron chi connectivity index (χ1n) is 6.41. The molecule has 0 aliphatic carbocycles. The van der Waals surface area contributed by atoms with Crippen molar-refractivity contribution in [2.75, 3.05) is 32.1 Å². The highest BCUT2D eigenvalue weighted by molar-refractivity contribution is 5.73. The van der Waals surface area contributed by atoms with Crippen LogP contribution in [0.5, 0.6) is 5.75 Å². The highest BCUT2D eigenvalue weighted by Crippen LogP contribution is 2.19. The summed E-state index contributed by atoms with van der Waals surface area (Å²) in [6, 6.07) is 6.89. The Morgan fingerprint density at radius 3 is 2.79 bits per heavy atom. The van der Waals surface area contributed by atoms with E-state index in [9.17, 15) is 4.79 Å². The van der Waals surface area contributed by atoms with Gasteiger partial charge in [-0.3, -0.25) is 4.79 Å². The van der Waals surface area contributed by atoms with Gasteiger partial charge in [-0.2, -0.15) is 0 Å². The van der Waals surface area contributed by atoms with Gasteiger partial charge in [0.25, 0.3) is 0 Å². The summed E-state index contributed by atoms with van der Waals surface area (Å²) in [5.74, 6) is -0.215. The first-order chi connectivity index (χ1) is 9.04. The predicted molar refractivity (Wildman–Crippen MR) is 76.0 cm³/mol. The zero-order valence-electron chi connectivity index (χ0n) is 11.7. The molecule has 0 aliphatic heterocycles. The molecule has 0 saturated carbocycles. The minimum atomic E-state index is -0.891. The first-order valence-corrected chi connectivity index (χ1v) is 6.41. The molecular formula is C14H22N2O3. The largest absolute Gasteiger partial charge is 0.491 e. The van der Waals surface area contributed by atoms with Crippen LogP contribution >= 0.6 is 0 Å². The molecule has 0 fully saturated rings. The van der Waals surface area contributed by atoms with E-state index < -0.39 is 12.0 Å². The molecule has 1 atom stereocenters. The fourth-order valence-corrected chi connectivity index (χ4v) is 1.57. The Morgan fingerprint density at radius 2 is 2.21 bits per heavy atom. The maximum Gasteiger partial charge on any atom is 0.324 e. The lowest BCUT2D eigenvalue weighted by atomic mass is 10.2. The lowest BCUT2D eigenvalue weighted by Crippen LogP contribution is -2.41. The van der Waals surface area contributed by atoms with Gasteiger partial charge in [-0.1, -0.05) is 13.0 Å². The van der Waals surface area contributed by atoms with Crippen LogP contribution in [0.4, 0.5) is 5.69 Å². The second kappa shape index (κ2) is 7.63. The van der Waals surface area contributed by atoms with Gasteiger partial charge in [-0.05, 0) is 25.1 Å². The molecule has 0 saturated heterocycles. The summed E-state index contributed by atoms with van der Waals surface area (Å²) in [7, 11) is 3.89. The Bertz CT molecular complexity index is 407. The molecule has 19 heavy (non-hydrogen) atoms. The van der Waals surface area contributed by atoms with E-state index in [1.165, 1.54) is 0 Å². The SMILES string of the molecule is CCCNC(COc1cccc(N(C)C)c1)C(=O)O. The van der Waals surface area contributed by atoms with Crippen molar-refractivity contribution in [3.05, 3.63) is 24.3 Å². The summed E-state index contributed by atoms with van der Waals surface area (Å²) in [5, 5.41) is 12.0. The molecule has 0 aromatic heterocycles. The summed E-state index contributed by atoms with van der Waals surface area (Å²) >= 11 is 0. The Balaban J connectivity index is 2.58. The van der Waals surface area contributed by atoms with Gasteiger partial charge in [0.05, 0.1) is 0 Å². The van der Waals surface area contributed by atoms with Crippen molar-refractivity contribution < 1.29 is 14.6 Å². The molecule has 0 spiro atoms. The molecule has 0 radical (unpaired) electrons. The summed E-state index contributed by atoms with van der Waals surface area (Å²) in [5.41, 5.74) is 1.02. The zero-order valence-corrected chi connectivity index (χ0v) is 11.7. The van der Waals surface area contributed by atoms with Crippen molar-refractivity contribution in [3.8, 4) is 5.75 Å². The van der Waals surface area contributed by atoms with Crippen molar-refractivity contribution in [1.29, 1.82) is 0 Å². The van der Waals surface area contributed by atoms with Crippen LogP contribution in [0.3, 0.4) is 0 Å². The average molecular weight is 266 g/mol. The van der Waals surface area contributed by atoms with Gasteiger partial charge in [-0.25, -0.2) is 0 Å². The van der Waals surface area contributed by atoms with Gasteiger partial charge in [0.1, 0.15) is 18.4 Å². The third kappa shape index (κ3) is 5.18. The number of nitrogens with one attached hydrogen (secondary N) is 1. The van der Waals surface area contributed by atoms with Crippen LogP contribution in [0.1, 0.15) is 13.3 Å². The smallest absolute Gasteiger partial charge is 0.324 e. The van der Waals surface area contributed by atoms with E-state index in [0.29, 0.717) is 12.3 Å². The van der Waals surface area contributed by atoms with Crippen molar-refractivity contribution >= 4 is 11.7 Å². The Kier molecular flexibility index (Phi) is 6.15. The lowest BCUT2D eigenvalue weighted by Gasteiger charge is -2.17. The van der Waals surface area contributed by atoms with E-state index in [1.54, 1.807) is 0 Å². The second-order valence-electron chi connectivity index (χ2n) is 4.55. The Hall–Kier alpha value is -1.75. The van der Waals surface area contributed by atoms with E-state index in [-0.39, 0.29) is 6.61 Å². The molecule has 0 bridgehead atoms. The van der Waals surface area contributed by atoms with E-state index in [1.807, 2.05) is 50.2 Å². The highest BCUT2D eigenvalue weighted by Gasteiger charge is 2.17. The molecule has 1 rings (SSSR count). The molecular weight excluding hydrogens is 244 g/mol. The number of anilines is 1. The van der Waals surface area contributed by atoms with Crippen molar-refractivity contribution in [2.45, 2.75) is 19.4 Å². The van der Waals surface area contributed by atoms with Gasteiger partial charge >= 0.3 is 5.97 Å². The van der Waals surface area contributed by atoms with Crippen LogP contribution in [0, 0.1) is 0 Å². The van der Waals surface area contributed by atoms with Gasteiger partial charge in [-0.15, -0.1) is 0 Å². The zero-order chi connectivity index (χ0) is 14.3. The quantitative estimate of drug-likeness (QED) is 0.748. The standard InChI is InChI=1S/C14H22N2O3/c1-4-8-15-13(14(17)18)10-19-12-7-5-6-11(9-12)16(2)3/h5-7,9,13,15H,4,8,10H2,1-3H3,(H,17,18). The van der Waals surface area contributed by atoms with E-state index >= 15 is 0 Å². The Morgan fingerprint density at radius 1 is 1.47 bits per heavy atom. The minimum Gasteiger partial charge on any atom is -0.491 e.